The number of aryl methyl sites for hydroxylation is 1. The number of aliphatic hydroxyl groups excluding tert-OH is 1. The Kier molecular flexibility index (Phi) is 5.15. The van der Waals surface area contributed by atoms with Gasteiger partial charge in [-0.15, -0.1) is 0 Å². The molecule has 2 aromatic carbocycles. The van der Waals surface area contributed by atoms with Crippen LogP contribution >= 0.6 is 0 Å². The fraction of sp³-hybridized carbons (Fsp3) is 0.409. The van der Waals surface area contributed by atoms with Crippen LogP contribution in [0.25, 0.3) is 11.1 Å². The van der Waals surface area contributed by atoms with Crippen LogP contribution < -0.4 is 0 Å². The van der Waals surface area contributed by atoms with E-state index in [1.54, 1.807) is 0 Å². The second kappa shape index (κ2) is 7.31. The molecule has 2 heteroatoms. The number of ketones is 1. The van der Waals surface area contributed by atoms with Crippen molar-refractivity contribution in [1.82, 2.24) is 0 Å². The van der Waals surface area contributed by atoms with Gasteiger partial charge in [0.1, 0.15) is 6.61 Å². The number of hydrogen-bond acceptors (Lipinski definition) is 2. The Hall–Kier alpha value is -1.93. The average molecular weight is 322 g/mol. The molecule has 0 aliphatic heterocycles. The van der Waals surface area contributed by atoms with Gasteiger partial charge in [-0.1, -0.05) is 56.3 Å². The Morgan fingerprint density at radius 3 is 2.46 bits per heavy atom. The molecule has 1 atom stereocenters. The SMILES string of the molecule is CC(C)Cc1ccc(-c2ccc3c(c2)CC(C(=O)CO)CC3)cc1. The minimum absolute atomic E-state index is 0.0221. The van der Waals surface area contributed by atoms with Crippen LogP contribution in [-0.4, -0.2) is 17.5 Å². The van der Waals surface area contributed by atoms with Gasteiger partial charge in [0.05, 0.1) is 0 Å². The van der Waals surface area contributed by atoms with Gasteiger partial charge >= 0.3 is 0 Å². The maximum atomic E-state index is 11.8. The molecule has 1 unspecified atom stereocenters. The van der Waals surface area contributed by atoms with Gasteiger partial charge in [0, 0.05) is 5.92 Å². The van der Waals surface area contributed by atoms with E-state index in [0.29, 0.717) is 5.92 Å². The highest BCUT2D eigenvalue weighted by atomic mass is 16.3. The highest BCUT2D eigenvalue weighted by molar-refractivity contribution is 5.82. The van der Waals surface area contributed by atoms with E-state index in [0.717, 1.165) is 25.7 Å². The van der Waals surface area contributed by atoms with Crippen LogP contribution in [0.15, 0.2) is 42.5 Å². The van der Waals surface area contributed by atoms with Crippen LogP contribution in [0.4, 0.5) is 0 Å². The quantitative estimate of drug-likeness (QED) is 0.895. The molecule has 2 aromatic rings. The molecule has 2 nitrogen and oxygen atoms in total. The summed E-state index contributed by atoms with van der Waals surface area (Å²) in [5.41, 5.74) is 6.41. The van der Waals surface area contributed by atoms with Crippen LogP contribution in [0.3, 0.4) is 0 Å². The number of aliphatic hydroxyl groups is 1. The number of carbonyl (C=O) groups excluding carboxylic acids is 1. The lowest BCUT2D eigenvalue weighted by molar-refractivity contribution is -0.125. The first-order valence-electron chi connectivity index (χ1n) is 8.91. The molecule has 1 aliphatic carbocycles. The van der Waals surface area contributed by atoms with E-state index >= 15 is 0 Å². The molecule has 0 saturated carbocycles. The summed E-state index contributed by atoms with van der Waals surface area (Å²) in [5.74, 6) is 0.621. The molecule has 0 amide bonds. The van der Waals surface area contributed by atoms with E-state index in [-0.39, 0.29) is 18.3 Å². The van der Waals surface area contributed by atoms with Crippen LogP contribution in [0.1, 0.15) is 37.0 Å². The smallest absolute Gasteiger partial charge is 0.161 e. The normalized spacial score (nSPS) is 16.9. The van der Waals surface area contributed by atoms with E-state index in [4.69, 9.17) is 5.11 Å². The summed E-state index contributed by atoms with van der Waals surface area (Å²) in [5, 5.41) is 9.11. The van der Waals surface area contributed by atoms with E-state index in [2.05, 4.69) is 56.3 Å². The molecule has 0 heterocycles. The number of fused-ring (bicyclic) bond motifs is 1. The monoisotopic (exact) mass is 322 g/mol. The first-order chi connectivity index (χ1) is 11.6. The third-order valence-electron chi connectivity index (χ3n) is 4.98. The number of Topliss-reactive ketones (excluding diaryl/α,β-unsaturated/α-hetero) is 1. The summed E-state index contributed by atoms with van der Waals surface area (Å²) in [7, 11) is 0. The van der Waals surface area contributed by atoms with Crippen molar-refractivity contribution in [1.29, 1.82) is 0 Å². The van der Waals surface area contributed by atoms with Gasteiger partial charge in [0.2, 0.25) is 0 Å². The highest BCUT2D eigenvalue weighted by Crippen LogP contribution is 2.30. The molecule has 0 spiro atoms. The van der Waals surface area contributed by atoms with Crippen molar-refractivity contribution in [2.75, 3.05) is 6.61 Å². The Labute approximate surface area is 144 Å². The average Bonchev–Trinajstić information content (AvgIpc) is 2.60. The minimum Gasteiger partial charge on any atom is -0.389 e. The van der Waals surface area contributed by atoms with E-state index in [1.165, 1.54) is 27.8 Å². The first kappa shape index (κ1) is 16.9. The van der Waals surface area contributed by atoms with Crippen LogP contribution in [0, 0.1) is 11.8 Å². The largest absolute Gasteiger partial charge is 0.389 e. The number of benzene rings is 2. The second-order valence-corrected chi connectivity index (χ2v) is 7.34. The highest BCUT2D eigenvalue weighted by Gasteiger charge is 2.24. The van der Waals surface area contributed by atoms with Crippen molar-refractivity contribution >= 4 is 5.78 Å². The molecule has 0 aromatic heterocycles. The Morgan fingerprint density at radius 1 is 1.08 bits per heavy atom. The standard InChI is InChI=1S/C22H26O2/c1-15(2)11-16-3-5-17(6-4-16)19-9-7-18-8-10-20(22(24)14-23)13-21(18)12-19/h3-7,9,12,15,20,23H,8,10-11,13-14H2,1-2H3. The number of rotatable bonds is 5. The van der Waals surface area contributed by atoms with Gasteiger partial charge < -0.3 is 5.11 Å². The van der Waals surface area contributed by atoms with Crippen molar-refractivity contribution in [3.63, 3.8) is 0 Å². The van der Waals surface area contributed by atoms with Crippen molar-refractivity contribution in [3.05, 3.63) is 59.2 Å². The van der Waals surface area contributed by atoms with Crippen molar-refractivity contribution in [2.24, 2.45) is 11.8 Å². The van der Waals surface area contributed by atoms with Gasteiger partial charge in [-0.3, -0.25) is 4.79 Å². The van der Waals surface area contributed by atoms with Crippen molar-refractivity contribution in [2.45, 2.75) is 39.5 Å². The number of hydrogen-bond donors (Lipinski definition) is 1. The Bertz CT molecular complexity index is 713. The Morgan fingerprint density at radius 2 is 1.79 bits per heavy atom. The van der Waals surface area contributed by atoms with E-state index in [9.17, 15) is 4.79 Å². The fourth-order valence-corrected chi connectivity index (χ4v) is 3.65. The maximum absolute atomic E-state index is 11.8. The van der Waals surface area contributed by atoms with E-state index < -0.39 is 0 Å². The summed E-state index contributed by atoms with van der Waals surface area (Å²) in [6.07, 6.45) is 3.65. The molecule has 1 aliphatic rings. The van der Waals surface area contributed by atoms with Crippen LogP contribution in [-0.2, 0) is 24.1 Å². The van der Waals surface area contributed by atoms with Gasteiger partial charge in [-0.25, -0.2) is 0 Å². The van der Waals surface area contributed by atoms with Gasteiger partial charge in [-0.05, 0) is 59.4 Å². The number of carbonyl (C=O) groups is 1. The van der Waals surface area contributed by atoms with Gasteiger partial charge in [0.25, 0.3) is 0 Å². The van der Waals surface area contributed by atoms with Gasteiger partial charge in [0.15, 0.2) is 5.78 Å². The topological polar surface area (TPSA) is 37.3 Å². The molecule has 0 saturated heterocycles. The zero-order valence-electron chi connectivity index (χ0n) is 14.6. The molecule has 1 N–H and O–H groups in total. The van der Waals surface area contributed by atoms with Crippen molar-refractivity contribution in [3.8, 4) is 11.1 Å². The predicted molar refractivity (Wildman–Crippen MR) is 98.0 cm³/mol. The summed E-state index contributed by atoms with van der Waals surface area (Å²) < 4.78 is 0. The molecule has 0 fully saturated rings. The molecular formula is C22H26O2. The molecule has 0 radical (unpaired) electrons. The lowest BCUT2D eigenvalue weighted by atomic mass is 9.81. The lowest BCUT2D eigenvalue weighted by Gasteiger charge is -2.23. The first-order valence-corrected chi connectivity index (χ1v) is 8.91. The molecular weight excluding hydrogens is 296 g/mol. The summed E-state index contributed by atoms with van der Waals surface area (Å²) >= 11 is 0. The Balaban J connectivity index is 1.82. The zero-order valence-corrected chi connectivity index (χ0v) is 14.6. The summed E-state index contributed by atoms with van der Waals surface area (Å²) in [6.45, 7) is 4.14. The van der Waals surface area contributed by atoms with Crippen molar-refractivity contribution < 1.29 is 9.90 Å². The zero-order chi connectivity index (χ0) is 17.1. The molecule has 0 bridgehead atoms. The molecule has 126 valence electrons. The minimum atomic E-state index is -0.336. The second-order valence-electron chi connectivity index (χ2n) is 7.34. The lowest BCUT2D eigenvalue weighted by Crippen LogP contribution is -2.24. The third-order valence-corrected chi connectivity index (χ3v) is 4.98. The fourth-order valence-electron chi connectivity index (χ4n) is 3.65. The van der Waals surface area contributed by atoms with Crippen LogP contribution in [0.2, 0.25) is 0 Å². The predicted octanol–water partition coefficient (Wildman–Crippen LogP) is 4.22. The molecule has 3 rings (SSSR count). The summed E-state index contributed by atoms with van der Waals surface area (Å²) in [4.78, 5) is 11.8. The maximum Gasteiger partial charge on any atom is 0.161 e. The molecule has 24 heavy (non-hydrogen) atoms. The third kappa shape index (κ3) is 3.76. The van der Waals surface area contributed by atoms with E-state index in [1.807, 2.05) is 0 Å². The van der Waals surface area contributed by atoms with Gasteiger partial charge in [-0.2, -0.15) is 0 Å². The summed E-state index contributed by atoms with van der Waals surface area (Å²) in [6, 6.07) is 15.4. The van der Waals surface area contributed by atoms with Crippen LogP contribution in [0.5, 0.6) is 0 Å².